The zero-order valence-corrected chi connectivity index (χ0v) is 14.2. The van der Waals surface area contributed by atoms with Crippen LogP contribution in [0.2, 0.25) is 0 Å². The van der Waals surface area contributed by atoms with E-state index in [1.807, 2.05) is 12.3 Å². The third-order valence-electron chi connectivity index (χ3n) is 3.95. The molecule has 1 unspecified atom stereocenters. The fourth-order valence-electron chi connectivity index (χ4n) is 2.71. The van der Waals surface area contributed by atoms with Gasteiger partial charge in [0.2, 0.25) is 0 Å². The van der Waals surface area contributed by atoms with E-state index < -0.39 is 5.82 Å². The van der Waals surface area contributed by atoms with Crippen LogP contribution in [-0.2, 0) is 6.42 Å². The van der Waals surface area contributed by atoms with Crippen LogP contribution in [0.3, 0.4) is 0 Å². The number of nitrogens with zero attached hydrogens (tertiary/aromatic N) is 1. The number of halogens is 1. The second-order valence-electron chi connectivity index (χ2n) is 5.86. The zero-order valence-electron chi connectivity index (χ0n) is 13.3. The summed E-state index contributed by atoms with van der Waals surface area (Å²) in [4.78, 5) is 1.15. The topological polar surface area (TPSA) is 47.8 Å². The van der Waals surface area contributed by atoms with Gasteiger partial charge in [-0.25, -0.2) is 4.39 Å². The van der Waals surface area contributed by atoms with E-state index in [9.17, 15) is 4.39 Å². The van der Waals surface area contributed by atoms with E-state index in [-0.39, 0.29) is 0 Å². The van der Waals surface area contributed by atoms with Crippen molar-refractivity contribution in [3.63, 3.8) is 0 Å². The van der Waals surface area contributed by atoms with Crippen molar-refractivity contribution in [1.29, 1.82) is 5.26 Å². The molecule has 2 aromatic rings. The number of nitrogens with one attached hydrogen (secondary N) is 2. The first-order chi connectivity index (χ1) is 11.7. The van der Waals surface area contributed by atoms with E-state index >= 15 is 0 Å². The first-order valence-corrected chi connectivity index (χ1v) is 8.59. The van der Waals surface area contributed by atoms with E-state index in [2.05, 4.69) is 41.2 Å². The first kappa shape index (κ1) is 16.4. The largest absolute Gasteiger partial charge is 0.390 e. The van der Waals surface area contributed by atoms with Crippen LogP contribution in [0, 0.1) is 30.0 Å². The third-order valence-corrected chi connectivity index (χ3v) is 4.96. The number of benzene rings is 2. The van der Waals surface area contributed by atoms with Crippen LogP contribution in [0.25, 0.3) is 0 Å². The van der Waals surface area contributed by atoms with Crippen molar-refractivity contribution in [2.45, 2.75) is 13.3 Å². The van der Waals surface area contributed by atoms with Crippen molar-refractivity contribution in [1.82, 2.24) is 5.32 Å². The highest BCUT2D eigenvalue weighted by atomic mass is 32.2. The molecule has 1 aliphatic heterocycles. The molecule has 0 radical (unpaired) electrons. The minimum absolute atomic E-state index is 0.321. The number of hydrogen-bond donors (Lipinski definition) is 2. The van der Waals surface area contributed by atoms with Gasteiger partial charge < -0.3 is 10.0 Å². The van der Waals surface area contributed by atoms with Crippen LogP contribution in [0.1, 0.15) is 16.7 Å². The van der Waals surface area contributed by atoms with Gasteiger partial charge in [-0.15, -0.1) is 0 Å². The maximum atomic E-state index is 13.9. The molecule has 0 bridgehead atoms. The maximum absolute atomic E-state index is 13.9. The summed E-state index contributed by atoms with van der Waals surface area (Å²) < 4.78 is 17.0. The lowest BCUT2D eigenvalue weighted by molar-refractivity contribution is 0.632. The SMILES string of the molecule is Cc1cccc(CC2CNC=C2SNc2ccc(C#N)cc2F)c1. The van der Waals surface area contributed by atoms with Gasteiger partial charge in [-0.3, -0.25) is 0 Å². The number of aryl methyl sites for hydroxylation is 1. The highest BCUT2D eigenvalue weighted by molar-refractivity contribution is 8.04. The summed E-state index contributed by atoms with van der Waals surface area (Å²) in [7, 11) is 0. The minimum Gasteiger partial charge on any atom is -0.390 e. The maximum Gasteiger partial charge on any atom is 0.148 e. The Morgan fingerprint density at radius 2 is 2.21 bits per heavy atom. The Kier molecular flexibility index (Phi) is 5.07. The van der Waals surface area contributed by atoms with Crippen LogP contribution < -0.4 is 10.0 Å². The van der Waals surface area contributed by atoms with Gasteiger partial charge in [0.05, 0.1) is 17.3 Å². The molecule has 1 heterocycles. The molecule has 0 saturated carbocycles. The standard InChI is InChI=1S/C19H18FN3S/c1-13-3-2-4-14(7-13)8-16-11-22-12-19(16)24-23-18-6-5-15(10-21)9-17(18)20/h2-7,9,12,16,22-23H,8,11H2,1H3. The molecule has 0 aromatic heterocycles. The lowest BCUT2D eigenvalue weighted by Gasteiger charge is -2.15. The fraction of sp³-hybridized carbons (Fsp3) is 0.211. The summed E-state index contributed by atoms with van der Waals surface area (Å²) in [6.45, 7) is 2.98. The molecule has 2 N–H and O–H groups in total. The second kappa shape index (κ2) is 7.41. The quantitative estimate of drug-likeness (QED) is 0.794. The number of rotatable bonds is 5. The molecule has 3 nitrogen and oxygen atoms in total. The molecular formula is C19H18FN3S. The summed E-state index contributed by atoms with van der Waals surface area (Å²) in [6, 6.07) is 14.9. The lowest BCUT2D eigenvalue weighted by atomic mass is 9.99. The summed E-state index contributed by atoms with van der Waals surface area (Å²) in [5.74, 6) is -0.0471. The molecule has 5 heteroatoms. The Morgan fingerprint density at radius 3 is 2.96 bits per heavy atom. The van der Waals surface area contributed by atoms with Crippen molar-refractivity contribution in [3.05, 3.63) is 76.1 Å². The molecular weight excluding hydrogens is 321 g/mol. The smallest absolute Gasteiger partial charge is 0.148 e. The molecule has 0 aliphatic carbocycles. The third kappa shape index (κ3) is 3.90. The molecule has 122 valence electrons. The molecule has 0 amide bonds. The van der Waals surface area contributed by atoms with Crippen molar-refractivity contribution in [2.75, 3.05) is 11.3 Å². The van der Waals surface area contributed by atoms with Crippen molar-refractivity contribution in [2.24, 2.45) is 5.92 Å². The Bertz CT molecular complexity index is 810. The first-order valence-electron chi connectivity index (χ1n) is 7.77. The van der Waals surface area contributed by atoms with Gasteiger partial charge in [0.1, 0.15) is 5.82 Å². The summed E-state index contributed by atoms with van der Waals surface area (Å²) >= 11 is 1.42. The molecule has 3 rings (SSSR count). The van der Waals surface area contributed by atoms with E-state index in [1.165, 1.54) is 29.1 Å². The average Bonchev–Trinajstić information content (AvgIpc) is 3.00. The van der Waals surface area contributed by atoms with Gasteiger partial charge >= 0.3 is 0 Å². The van der Waals surface area contributed by atoms with Gasteiger partial charge in [0.25, 0.3) is 0 Å². The van der Waals surface area contributed by atoms with Crippen LogP contribution in [0.5, 0.6) is 0 Å². The summed E-state index contributed by atoms with van der Waals surface area (Å²) in [6.07, 6.45) is 2.94. The number of anilines is 1. The Hall–Kier alpha value is -2.45. The highest BCUT2D eigenvalue weighted by Crippen LogP contribution is 2.31. The zero-order chi connectivity index (χ0) is 16.9. The molecule has 0 saturated heterocycles. The Morgan fingerprint density at radius 1 is 1.33 bits per heavy atom. The van der Waals surface area contributed by atoms with Gasteiger partial charge in [0, 0.05) is 23.6 Å². The van der Waals surface area contributed by atoms with Gasteiger partial charge in [0.15, 0.2) is 0 Å². The number of nitriles is 1. The second-order valence-corrected chi connectivity index (χ2v) is 6.74. The average molecular weight is 339 g/mol. The molecule has 0 fully saturated rings. The predicted octanol–water partition coefficient (Wildman–Crippen LogP) is 4.37. The van der Waals surface area contributed by atoms with Gasteiger partial charge in [-0.2, -0.15) is 5.26 Å². The van der Waals surface area contributed by atoms with Gasteiger partial charge in [-0.05, 0) is 49.1 Å². The van der Waals surface area contributed by atoms with Crippen LogP contribution in [0.4, 0.5) is 10.1 Å². The van der Waals surface area contributed by atoms with Crippen molar-refractivity contribution >= 4 is 17.6 Å². The fourth-order valence-corrected chi connectivity index (χ4v) is 3.58. The van der Waals surface area contributed by atoms with Crippen LogP contribution in [-0.4, -0.2) is 6.54 Å². The molecule has 1 aliphatic rings. The lowest BCUT2D eigenvalue weighted by Crippen LogP contribution is -2.13. The van der Waals surface area contributed by atoms with E-state index in [1.54, 1.807) is 12.1 Å². The van der Waals surface area contributed by atoms with E-state index in [0.29, 0.717) is 17.2 Å². The normalized spacial score (nSPS) is 16.2. The van der Waals surface area contributed by atoms with Gasteiger partial charge in [-0.1, -0.05) is 29.8 Å². The molecule has 24 heavy (non-hydrogen) atoms. The highest BCUT2D eigenvalue weighted by Gasteiger charge is 2.21. The molecule has 0 spiro atoms. The minimum atomic E-state index is -0.414. The molecule has 2 aromatic carbocycles. The predicted molar refractivity (Wildman–Crippen MR) is 96.8 cm³/mol. The van der Waals surface area contributed by atoms with Crippen LogP contribution >= 0.6 is 11.9 Å². The van der Waals surface area contributed by atoms with E-state index in [4.69, 9.17) is 5.26 Å². The monoisotopic (exact) mass is 339 g/mol. The Balaban J connectivity index is 1.63. The Labute approximate surface area is 145 Å². The van der Waals surface area contributed by atoms with Crippen LogP contribution in [0.15, 0.2) is 53.6 Å². The van der Waals surface area contributed by atoms with E-state index in [0.717, 1.165) is 17.9 Å². The van der Waals surface area contributed by atoms with Crippen molar-refractivity contribution in [3.8, 4) is 6.07 Å². The summed E-state index contributed by atoms with van der Waals surface area (Å²) in [5, 5.41) is 12.1. The van der Waals surface area contributed by atoms with Crippen molar-refractivity contribution < 1.29 is 4.39 Å². The summed E-state index contributed by atoms with van der Waals surface area (Å²) in [5.41, 5.74) is 3.28. The number of hydrogen-bond acceptors (Lipinski definition) is 4. The molecule has 1 atom stereocenters.